The summed E-state index contributed by atoms with van der Waals surface area (Å²) in [5.41, 5.74) is 7.02. The Balaban J connectivity index is 1.72. The first-order chi connectivity index (χ1) is 10.6. The number of carbonyl (C=O) groups excluding carboxylic acids is 1. The number of carbonyl (C=O) groups is 1. The molecule has 22 heavy (non-hydrogen) atoms. The van der Waals surface area contributed by atoms with E-state index < -0.39 is 0 Å². The molecule has 3 rings (SSSR count). The van der Waals surface area contributed by atoms with Crippen molar-refractivity contribution in [1.29, 1.82) is 0 Å². The lowest BCUT2D eigenvalue weighted by molar-refractivity contribution is -0.116. The Hall–Kier alpha value is -2.29. The highest BCUT2D eigenvalue weighted by Gasteiger charge is 2.23. The molecule has 1 heterocycles. The van der Waals surface area contributed by atoms with E-state index in [-0.39, 0.29) is 5.91 Å². The highest BCUT2D eigenvalue weighted by atomic mass is 16.2. The first-order valence-electron chi connectivity index (χ1n) is 7.76. The molecular formula is C19H22N2O. The molecule has 0 saturated heterocycles. The lowest BCUT2D eigenvalue weighted by atomic mass is 10.1. The Labute approximate surface area is 132 Å². The van der Waals surface area contributed by atoms with Crippen LogP contribution in [0.4, 0.5) is 11.4 Å². The van der Waals surface area contributed by atoms with Crippen molar-refractivity contribution in [3.8, 4) is 0 Å². The van der Waals surface area contributed by atoms with Gasteiger partial charge in [-0.25, -0.2) is 0 Å². The van der Waals surface area contributed by atoms with Crippen LogP contribution in [0.15, 0.2) is 36.4 Å². The van der Waals surface area contributed by atoms with Gasteiger partial charge in [0.05, 0.1) is 6.54 Å². The van der Waals surface area contributed by atoms with Gasteiger partial charge in [0.2, 0.25) is 5.91 Å². The summed E-state index contributed by atoms with van der Waals surface area (Å²) in [4.78, 5) is 14.4. The van der Waals surface area contributed by atoms with Crippen LogP contribution in [0, 0.1) is 20.8 Å². The number of amides is 1. The van der Waals surface area contributed by atoms with E-state index in [9.17, 15) is 4.79 Å². The van der Waals surface area contributed by atoms with Gasteiger partial charge in [0.1, 0.15) is 0 Å². The summed E-state index contributed by atoms with van der Waals surface area (Å²) in [5, 5.41) is 3.32. The Kier molecular flexibility index (Phi) is 3.88. The fourth-order valence-electron chi connectivity index (χ4n) is 3.32. The van der Waals surface area contributed by atoms with Gasteiger partial charge in [-0.2, -0.15) is 0 Å². The normalized spacial score (nSPS) is 13.1. The van der Waals surface area contributed by atoms with Gasteiger partial charge in [-0.15, -0.1) is 0 Å². The van der Waals surface area contributed by atoms with E-state index in [1.807, 2.05) is 23.1 Å². The van der Waals surface area contributed by atoms with Gasteiger partial charge in [-0.3, -0.25) is 4.79 Å². The Morgan fingerprint density at radius 2 is 1.82 bits per heavy atom. The fraction of sp³-hybridized carbons (Fsp3) is 0.316. The molecule has 2 aromatic rings. The summed E-state index contributed by atoms with van der Waals surface area (Å²) >= 11 is 0. The van der Waals surface area contributed by atoms with Crippen molar-refractivity contribution < 1.29 is 4.79 Å². The molecule has 1 aliphatic heterocycles. The summed E-state index contributed by atoms with van der Waals surface area (Å²) in [7, 11) is 0. The molecule has 0 bridgehead atoms. The summed E-state index contributed by atoms with van der Waals surface area (Å²) in [6.07, 6.45) is 0.949. The average molecular weight is 294 g/mol. The number of fused-ring (bicyclic) bond motifs is 1. The van der Waals surface area contributed by atoms with Gasteiger partial charge in [0.25, 0.3) is 0 Å². The maximum Gasteiger partial charge on any atom is 0.246 e. The summed E-state index contributed by atoms with van der Waals surface area (Å²) < 4.78 is 0. The molecule has 0 aromatic heterocycles. The Morgan fingerprint density at radius 1 is 1.14 bits per heavy atom. The van der Waals surface area contributed by atoms with Crippen molar-refractivity contribution in [2.24, 2.45) is 0 Å². The van der Waals surface area contributed by atoms with E-state index in [1.165, 1.54) is 22.3 Å². The van der Waals surface area contributed by atoms with E-state index in [2.05, 4.69) is 44.3 Å². The van der Waals surface area contributed by atoms with Gasteiger partial charge < -0.3 is 10.2 Å². The highest BCUT2D eigenvalue weighted by Crippen LogP contribution is 2.28. The van der Waals surface area contributed by atoms with E-state index in [0.717, 1.165) is 24.3 Å². The fourth-order valence-corrected chi connectivity index (χ4v) is 3.32. The second-order valence-electron chi connectivity index (χ2n) is 6.05. The summed E-state index contributed by atoms with van der Waals surface area (Å²) in [5.74, 6) is 0.129. The number of nitrogens with one attached hydrogen (secondary N) is 1. The molecule has 1 amide bonds. The van der Waals surface area contributed by atoms with Crippen LogP contribution in [0.1, 0.15) is 22.3 Å². The van der Waals surface area contributed by atoms with Crippen LogP contribution in [0.25, 0.3) is 0 Å². The number of hydrogen-bond acceptors (Lipinski definition) is 2. The third-order valence-electron chi connectivity index (χ3n) is 4.28. The number of benzene rings is 2. The molecule has 0 spiro atoms. The number of hydrogen-bond donors (Lipinski definition) is 1. The van der Waals surface area contributed by atoms with E-state index >= 15 is 0 Å². The van der Waals surface area contributed by atoms with Crippen molar-refractivity contribution >= 4 is 17.3 Å². The second kappa shape index (κ2) is 5.84. The number of rotatable bonds is 3. The van der Waals surface area contributed by atoms with Crippen LogP contribution < -0.4 is 10.2 Å². The molecule has 0 aliphatic carbocycles. The maximum atomic E-state index is 12.5. The van der Waals surface area contributed by atoms with Gasteiger partial charge >= 0.3 is 0 Å². The molecule has 0 atom stereocenters. The summed E-state index contributed by atoms with van der Waals surface area (Å²) in [6, 6.07) is 12.4. The maximum absolute atomic E-state index is 12.5. The Morgan fingerprint density at radius 3 is 2.55 bits per heavy atom. The first-order valence-corrected chi connectivity index (χ1v) is 7.76. The molecule has 1 N–H and O–H groups in total. The SMILES string of the molecule is Cc1cc(C)c(NCC(=O)N2CCc3ccccc32)c(C)c1. The van der Waals surface area contributed by atoms with Gasteiger partial charge in [0, 0.05) is 17.9 Å². The van der Waals surface area contributed by atoms with E-state index in [4.69, 9.17) is 0 Å². The third kappa shape index (κ3) is 2.71. The predicted octanol–water partition coefficient (Wildman–Crippen LogP) is 3.61. The highest BCUT2D eigenvalue weighted by molar-refractivity contribution is 5.98. The predicted molar refractivity (Wildman–Crippen MR) is 91.6 cm³/mol. The van der Waals surface area contributed by atoms with Crippen molar-refractivity contribution in [3.63, 3.8) is 0 Å². The standard InChI is InChI=1S/C19H22N2O/c1-13-10-14(2)19(15(3)11-13)20-12-18(22)21-9-8-16-6-4-5-7-17(16)21/h4-7,10-11,20H,8-9,12H2,1-3H3. The second-order valence-corrected chi connectivity index (χ2v) is 6.05. The van der Waals surface area contributed by atoms with Gasteiger partial charge in [-0.05, 0) is 49.9 Å². The number of aryl methyl sites for hydroxylation is 3. The van der Waals surface area contributed by atoms with Crippen molar-refractivity contribution in [1.82, 2.24) is 0 Å². The molecule has 0 radical (unpaired) electrons. The smallest absolute Gasteiger partial charge is 0.246 e. The minimum Gasteiger partial charge on any atom is -0.376 e. The van der Waals surface area contributed by atoms with Gasteiger partial charge in [-0.1, -0.05) is 35.9 Å². The largest absolute Gasteiger partial charge is 0.376 e. The summed E-state index contributed by atoms with van der Waals surface area (Å²) in [6.45, 7) is 7.37. The molecule has 0 fully saturated rings. The zero-order valence-electron chi connectivity index (χ0n) is 13.4. The van der Waals surface area contributed by atoms with Gasteiger partial charge in [0.15, 0.2) is 0 Å². The molecular weight excluding hydrogens is 272 g/mol. The lowest BCUT2D eigenvalue weighted by Crippen LogP contribution is -2.34. The minimum absolute atomic E-state index is 0.129. The number of para-hydroxylation sites is 1. The zero-order chi connectivity index (χ0) is 15.7. The molecule has 114 valence electrons. The van der Waals surface area contributed by atoms with E-state index in [0.29, 0.717) is 6.54 Å². The molecule has 0 unspecified atom stereocenters. The first kappa shape index (κ1) is 14.6. The topological polar surface area (TPSA) is 32.3 Å². The van der Waals surface area contributed by atoms with Crippen LogP contribution in [0.3, 0.4) is 0 Å². The van der Waals surface area contributed by atoms with Crippen LogP contribution in [0.5, 0.6) is 0 Å². The number of anilines is 2. The minimum atomic E-state index is 0.129. The molecule has 3 heteroatoms. The Bertz CT molecular complexity index is 698. The zero-order valence-corrected chi connectivity index (χ0v) is 13.4. The lowest BCUT2D eigenvalue weighted by Gasteiger charge is -2.19. The molecule has 3 nitrogen and oxygen atoms in total. The average Bonchev–Trinajstić information content (AvgIpc) is 2.90. The van der Waals surface area contributed by atoms with Crippen molar-refractivity contribution in [3.05, 3.63) is 58.7 Å². The molecule has 2 aromatic carbocycles. The van der Waals surface area contributed by atoms with Crippen LogP contribution in [-0.2, 0) is 11.2 Å². The van der Waals surface area contributed by atoms with E-state index in [1.54, 1.807) is 0 Å². The number of nitrogens with zero attached hydrogens (tertiary/aromatic N) is 1. The molecule has 1 aliphatic rings. The quantitative estimate of drug-likeness (QED) is 0.938. The monoisotopic (exact) mass is 294 g/mol. The molecule has 0 saturated carbocycles. The van der Waals surface area contributed by atoms with Crippen molar-refractivity contribution in [2.75, 3.05) is 23.3 Å². The van der Waals surface area contributed by atoms with Crippen LogP contribution >= 0.6 is 0 Å². The van der Waals surface area contributed by atoms with Crippen LogP contribution in [0.2, 0.25) is 0 Å². The van der Waals surface area contributed by atoms with Crippen LogP contribution in [-0.4, -0.2) is 19.0 Å². The van der Waals surface area contributed by atoms with Crippen molar-refractivity contribution in [2.45, 2.75) is 27.2 Å². The third-order valence-corrected chi connectivity index (χ3v) is 4.28.